The van der Waals surface area contributed by atoms with Crippen LogP contribution in [-0.4, -0.2) is 35.0 Å². The number of carbonyl (C=O) groups excluding carboxylic acids is 2. The molecule has 0 aliphatic heterocycles. The lowest BCUT2D eigenvalue weighted by Gasteiger charge is -2.12. The molecular weight excluding hydrogens is 362 g/mol. The van der Waals surface area contributed by atoms with Crippen molar-refractivity contribution in [3.63, 3.8) is 0 Å². The first-order valence-corrected chi connectivity index (χ1v) is 10.0. The molecule has 144 valence electrons. The van der Waals surface area contributed by atoms with Crippen molar-refractivity contribution in [3.8, 4) is 0 Å². The molecule has 0 fully saturated rings. The second-order valence-electron chi connectivity index (χ2n) is 5.97. The van der Waals surface area contributed by atoms with E-state index < -0.39 is 6.04 Å². The Hall–Kier alpha value is -2.58. The van der Waals surface area contributed by atoms with Gasteiger partial charge in [-0.05, 0) is 53.8 Å². The monoisotopic (exact) mass is 387 g/mol. The summed E-state index contributed by atoms with van der Waals surface area (Å²) < 4.78 is 0. The number of nitrogens with zero attached hydrogens (tertiary/aromatic N) is 1. The Kier molecular flexibility index (Phi) is 8.60. The molecule has 0 bridgehead atoms. The molecule has 0 aliphatic rings. The molecule has 0 aliphatic carbocycles. The fraction of sp³-hybridized carbons (Fsp3) is 0.316. The zero-order valence-corrected chi connectivity index (χ0v) is 16.1. The van der Waals surface area contributed by atoms with Crippen molar-refractivity contribution in [1.29, 1.82) is 0 Å². The van der Waals surface area contributed by atoms with Gasteiger partial charge in [0, 0.05) is 31.2 Å². The number of benzene rings is 1. The number of hydrogen-bond donors (Lipinski definition) is 4. The van der Waals surface area contributed by atoms with Crippen molar-refractivity contribution in [2.45, 2.75) is 25.6 Å². The van der Waals surface area contributed by atoms with Gasteiger partial charge in [0.25, 0.3) is 0 Å². The van der Waals surface area contributed by atoms with E-state index >= 15 is 0 Å². The molecule has 8 heteroatoms. The van der Waals surface area contributed by atoms with Crippen LogP contribution in [0.3, 0.4) is 0 Å². The predicted octanol–water partition coefficient (Wildman–Crippen LogP) is 2.10. The van der Waals surface area contributed by atoms with E-state index in [4.69, 9.17) is 5.73 Å². The highest BCUT2D eigenvalue weighted by Crippen LogP contribution is 2.11. The SMILES string of the molecule is CSCC[C@H](N)C(=O)NCc1cccc(NC(=O)NCc2ccncc2)c1. The Morgan fingerprint density at radius 2 is 1.85 bits per heavy atom. The average molecular weight is 388 g/mol. The third-order valence-electron chi connectivity index (χ3n) is 3.82. The number of rotatable bonds is 9. The normalized spacial score (nSPS) is 11.5. The highest BCUT2D eigenvalue weighted by Gasteiger charge is 2.12. The summed E-state index contributed by atoms with van der Waals surface area (Å²) in [5, 5.41) is 8.40. The Bertz CT molecular complexity index is 742. The lowest BCUT2D eigenvalue weighted by molar-refractivity contribution is -0.122. The second kappa shape index (κ2) is 11.2. The number of amides is 3. The van der Waals surface area contributed by atoms with Crippen LogP contribution in [0.1, 0.15) is 17.5 Å². The number of urea groups is 1. The first kappa shape index (κ1) is 20.7. The maximum atomic E-state index is 12.0. The van der Waals surface area contributed by atoms with Crippen molar-refractivity contribution < 1.29 is 9.59 Å². The van der Waals surface area contributed by atoms with Gasteiger partial charge in [0.05, 0.1) is 6.04 Å². The summed E-state index contributed by atoms with van der Waals surface area (Å²) in [5.74, 6) is 0.681. The molecule has 2 aromatic rings. The van der Waals surface area contributed by atoms with Gasteiger partial charge in [-0.25, -0.2) is 4.79 Å². The number of nitrogens with one attached hydrogen (secondary N) is 3. The van der Waals surface area contributed by atoms with Crippen LogP contribution in [0.15, 0.2) is 48.8 Å². The van der Waals surface area contributed by atoms with Gasteiger partial charge in [-0.3, -0.25) is 9.78 Å². The summed E-state index contributed by atoms with van der Waals surface area (Å²) >= 11 is 1.66. The molecule has 27 heavy (non-hydrogen) atoms. The third-order valence-corrected chi connectivity index (χ3v) is 4.47. The van der Waals surface area contributed by atoms with Crippen LogP contribution in [0.25, 0.3) is 0 Å². The lowest BCUT2D eigenvalue weighted by Crippen LogP contribution is -2.40. The number of hydrogen-bond acceptors (Lipinski definition) is 5. The molecular formula is C19H25N5O2S. The smallest absolute Gasteiger partial charge is 0.319 e. The molecule has 7 nitrogen and oxygen atoms in total. The largest absolute Gasteiger partial charge is 0.351 e. The Morgan fingerprint density at radius 3 is 2.59 bits per heavy atom. The highest BCUT2D eigenvalue weighted by molar-refractivity contribution is 7.98. The fourth-order valence-corrected chi connectivity index (χ4v) is 2.80. The molecule has 2 rings (SSSR count). The molecule has 0 radical (unpaired) electrons. The van der Waals surface area contributed by atoms with E-state index in [9.17, 15) is 9.59 Å². The topological polar surface area (TPSA) is 109 Å². The highest BCUT2D eigenvalue weighted by atomic mass is 32.2. The molecule has 1 heterocycles. The number of thioether (sulfide) groups is 1. The Labute approximate surface area is 163 Å². The summed E-state index contributed by atoms with van der Waals surface area (Å²) in [6.45, 7) is 0.776. The van der Waals surface area contributed by atoms with Crippen LogP contribution in [-0.2, 0) is 17.9 Å². The van der Waals surface area contributed by atoms with Gasteiger partial charge in [0.15, 0.2) is 0 Å². The minimum Gasteiger partial charge on any atom is -0.351 e. The lowest BCUT2D eigenvalue weighted by atomic mass is 10.2. The number of nitrogens with two attached hydrogens (primary N) is 1. The van der Waals surface area contributed by atoms with Crippen molar-refractivity contribution in [3.05, 3.63) is 59.9 Å². The van der Waals surface area contributed by atoms with Gasteiger partial charge >= 0.3 is 6.03 Å². The molecule has 1 aromatic carbocycles. The van der Waals surface area contributed by atoms with E-state index in [1.165, 1.54) is 0 Å². The van der Waals surface area contributed by atoms with E-state index in [-0.39, 0.29) is 11.9 Å². The van der Waals surface area contributed by atoms with Gasteiger partial charge < -0.3 is 21.7 Å². The average Bonchev–Trinajstić information content (AvgIpc) is 2.69. The molecule has 1 aromatic heterocycles. The number of pyridine rings is 1. The van der Waals surface area contributed by atoms with Gasteiger partial charge in [-0.1, -0.05) is 12.1 Å². The van der Waals surface area contributed by atoms with E-state index in [2.05, 4.69) is 20.9 Å². The zero-order chi connectivity index (χ0) is 19.5. The third kappa shape index (κ3) is 7.67. The minimum atomic E-state index is -0.502. The van der Waals surface area contributed by atoms with Gasteiger partial charge in [-0.15, -0.1) is 0 Å². The van der Waals surface area contributed by atoms with Crippen LogP contribution in [0, 0.1) is 0 Å². The Morgan fingerprint density at radius 1 is 1.11 bits per heavy atom. The van der Waals surface area contributed by atoms with Crippen LogP contribution < -0.4 is 21.7 Å². The van der Waals surface area contributed by atoms with Crippen LogP contribution in [0.4, 0.5) is 10.5 Å². The zero-order valence-electron chi connectivity index (χ0n) is 15.3. The molecule has 3 amide bonds. The summed E-state index contributed by atoms with van der Waals surface area (Å²) in [4.78, 5) is 27.9. The summed E-state index contributed by atoms with van der Waals surface area (Å²) in [6.07, 6.45) is 5.99. The predicted molar refractivity (Wildman–Crippen MR) is 109 cm³/mol. The van der Waals surface area contributed by atoms with Crippen molar-refractivity contribution in [2.24, 2.45) is 5.73 Å². The van der Waals surface area contributed by atoms with Crippen LogP contribution >= 0.6 is 11.8 Å². The van der Waals surface area contributed by atoms with Gasteiger partial charge in [0.2, 0.25) is 5.91 Å². The first-order valence-electron chi connectivity index (χ1n) is 8.63. The minimum absolute atomic E-state index is 0.169. The summed E-state index contributed by atoms with van der Waals surface area (Å²) in [6, 6.07) is 10.2. The van der Waals surface area contributed by atoms with E-state index in [0.29, 0.717) is 25.2 Å². The number of anilines is 1. The standard InChI is InChI=1S/C19H25N5O2S/c1-27-10-7-17(20)18(25)22-13-15-3-2-4-16(11-15)24-19(26)23-12-14-5-8-21-9-6-14/h2-6,8-9,11,17H,7,10,12-13,20H2,1H3,(H,22,25)(H2,23,24,26)/t17-/m0/s1. The number of aromatic nitrogens is 1. The molecule has 0 saturated carbocycles. The second-order valence-corrected chi connectivity index (χ2v) is 6.95. The fourth-order valence-electron chi connectivity index (χ4n) is 2.31. The molecule has 0 spiro atoms. The van der Waals surface area contributed by atoms with Crippen LogP contribution in [0.2, 0.25) is 0 Å². The first-order chi connectivity index (χ1) is 13.1. The van der Waals surface area contributed by atoms with Gasteiger partial charge in [-0.2, -0.15) is 11.8 Å². The molecule has 5 N–H and O–H groups in total. The summed E-state index contributed by atoms with van der Waals surface area (Å²) in [5.41, 5.74) is 8.35. The maximum absolute atomic E-state index is 12.0. The molecule has 1 atom stereocenters. The van der Waals surface area contributed by atoms with Crippen molar-refractivity contribution >= 4 is 29.4 Å². The summed E-state index contributed by atoms with van der Waals surface area (Å²) in [7, 11) is 0. The van der Waals surface area contributed by atoms with Crippen molar-refractivity contribution in [1.82, 2.24) is 15.6 Å². The van der Waals surface area contributed by atoms with E-state index in [1.807, 2.05) is 36.6 Å². The van der Waals surface area contributed by atoms with Crippen LogP contribution in [0.5, 0.6) is 0 Å². The molecule has 0 unspecified atom stereocenters. The Balaban J connectivity index is 1.80. The van der Waals surface area contributed by atoms with E-state index in [1.54, 1.807) is 30.2 Å². The number of carbonyl (C=O) groups is 2. The van der Waals surface area contributed by atoms with E-state index in [0.717, 1.165) is 16.9 Å². The van der Waals surface area contributed by atoms with Gasteiger partial charge in [0.1, 0.15) is 0 Å². The van der Waals surface area contributed by atoms with Crippen molar-refractivity contribution in [2.75, 3.05) is 17.3 Å². The quantitative estimate of drug-likeness (QED) is 0.527. The maximum Gasteiger partial charge on any atom is 0.319 e. The molecule has 0 saturated heterocycles.